The quantitative estimate of drug-likeness (QED) is 0.472. The van der Waals surface area contributed by atoms with Gasteiger partial charge in [0.2, 0.25) is 15.8 Å². The van der Waals surface area contributed by atoms with Crippen LogP contribution < -0.4 is 5.11 Å². The van der Waals surface area contributed by atoms with Gasteiger partial charge >= 0.3 is 0 Å². The number of aliphatic imine (C=N–C) groups is 1. The number of tetrazole rings is 1. The molecule has 10 heteroatoms. The van der Waals surface area contributed by atoms with Gasteiger partial charge in [-0.2, -0.15) is 9.52 Å². The summed E-state index contributed by atoms with van der Waals surface area (Å²) >= 11 is 0. The van der Waals surface area contributed by atoms with Gasteiger partial charge in [0, 0.05) is 18.7 Å². The molecule has 1 heterocycles. The van der Waals surface area contributed by atoms with Gasteiger partial charge in [0.1, 0.15) is 0 Å². The van der Waals surface area contributed by atoms with Crippen molar-refractivity contribution in [2.24, 2.45) is 4.99 Å². The fourth-order valence-electron chi connectivity index (χ4n) is 2.63. The van der Waals surface area contributed by atoms with Gasteiger partial charge < -0.3 is 5.11 Å². The molecule has 146 valence electrons. The van der Waals surface area contributed by atoms with E-state index in [9.17, 15) is 13.5 Å². The molecule has 0 aliphatic carbocycles. The monoisotopic (exact) mass is 399 g/mol. The van der Waals surface area contributed by atoms with Crippen LogP contribution in [-0.4, -0.2) is 52.3 Å². The van der Waals surface area contributed by atoms with Crippen molar-refractivity contribution in [2.45, 2.75) is 18.7 Å². The Kier molecular flexibility index (Phi) is 5.81. The fourth-order valence-corrected chi connectivity index (χ4v) is 4.09. The van der Waals surface area contributed by atoms with E-state index in [1.165, 1.54) is 28.6 Å². The third-order valence-corrected chi connectivity index (χ3v) is 6.21. The largest absolute Gasteiger partial charge is 0.858 e. The summed E-state index contributed by atoms with van der Waals surface area (Å²) in [5.74, 6) is -0.0000461. The van der Waals surface area contributed by atoms with Crippen LogP contribution in [0.2, 0.25) is 0 Å². The smallest absolute Gasteiger partial charge is 0.243 e. The van der Waals surface area contributed by atoms with E-state index in [4.69, 9.17) is 0 Å². The third-order valence-electron chi connectivity index (χ3n) is 4.15. The van der Waals surface area contributed by atoms with Crippen LogP contribution in [0.25, 0.3) is 11.4 Å². The number of hydrogen-bond donors (Lipinski definition) is 1. The lowest BCUT2D eigenvalue weighted by Crippen LogP contribution is -2.30. The number of nitrogens with zero attached hydrogens (tertiary/aromatic N) is 5. The van der Waals surface area contributed by atoms with Gasteiger partial charge in [0.25, 0.3) is 0 Å². The highest BCUT2D eigenvalue weighted by atomic mass is 32.2. The minimum atomic E-state index is -3.54. The second-order valence-electron chi connectivity index (χ2n) is 5.81. The molecule has 1 aromatic heterocycles. The molecule has 0 saturated heterocycles. The summed E-state index contributed by atoms with van der Waals surface area (Å²) in [4.78, 5) is 4.21. The molecule has 0 radical (unpaired) electrons. The zero-order valence-corrected chi connectivity index (χ0v) is 16.2. The average molecular weight is 399 g/mol. The SMILES string of the molecule is CCN(CC)S(=O)(=O)c1ccc(N=C([O-])c2ccc(-c3nn[nH]n3)cc2)cc1. The van der Waals surface area contributed by atoms with Crippen molar-refractivity contribution in [2.75, 3.05) is 13.1 Å². The van der Waals surface area contributed by atoms with Gasteiger partial charge in [-0.05, 0) is 40.9 Å². The first kappa shape index (κ1) is 19.6. The maximum Gasteiger partial charge on any atom is 0.243 e. The molecule has 3 aromatic rings. The number of hydrogen-bond acceptors (Lipinski definition) is 7. The van der Waals surface area contributed by atoms with Crippen LogP contribution in [0.1, 0.15) is 19.4 Å². The Hall–Kier alpha value is -3.11. The molecule has 0 atom stereocenters. The lowest BCUT2D eigenvalue weighted by Gasteiger charge is -2.18. The lowest BCUT2D eigenvalue weighted by molar-refractivity contribution is -0.212. The summed E-state index contributed by atoms with van der Waals surface area (Å²) in [6.07, 6.45) is 0. The van der Waals surface area contributed by atoms with Crippen molar-refractivity contribution in [1.82, 2.24) is 24.9 Å². The van der Waals surface area contributed by atoms with Crippen LogP contribution in [-0.2, 0) is 10.0 Å². The maximum absolute atomic E-state index is 12.5. The van der Waals surface area contributed by atoms with E-state index < -0.39 is 15.9 Å². The number of aromatic nitrogens is 4. The molecule has 0 amide bonds. The van der Waals surface area contributed by atoms with E-state index in [0.29, 0.717) is 30.2 Å². The minimum Gasteiger partial charge on any atom is -0.858 e. The number of benzene rings is 2. The Balaban J connectivity index is 1.80. The summed E-state index contributed by atoms with van der Waals surface area (Å²) in [6, 6.07) is 12.6. The number of nitrogens with one attached hydrogen (secondary N) is 1. The maximum atomic E-state index is 12.5. The van der Waals surface area contributed by atoms with Gasteiger partial charge in [0.05, 0.1) is 10.6 Å². The van der Waals surface area contributed by atoms with Crippen molar-refractivity contribution in [1.29, 1.82) is 0 Å². The Morgan fingerprint density at radius 3 is 2.25 bits per heavy atom. The second-order valence-corrected chi connectivity index (χ2v) is 7.75. The minimum absolute atomic E-state index is 0.173. The molecule has 28 heavy (non-hydrogen) atoms. The van der Waals surface area contributed by atoms with Crippen LogP contribution in [0.5, 0.6) is 0 Å². The number of H-pyrrole nitrogens is 1. The molecule has 3 rings (SSSR count). The van der Waals surface area contributed by atoms with Crippen LogP contribution in [0.4, 0.5) is 5.69 Å². The number of sulfonamides is 1. The summed E-state index contributed by atoms with van der Waals surface area (Å²) in [6.45, 7) is 4.35. The molecule has 1 N–H and O–H groups in total. The predicted octanol–water partition coefficient (Wildman–Crippen LogP) is 1.34. The summed E-state index contributed by atoms with van der Waals surface area (Å²) in [5.41, 5.74) is 1.49. The molecular formula is C18H19N6O3S-. The van der Waals surface area contributed by atoms with Gasteiger partial charge in [-0.3, -0.25) is 4.99 Å². The molecule has 0 aliphatic rings. The normalized spacial score (nSPS) is 12.5. The summed E-state index contributed by atoms with van der Waals surface area (Å²) in [7, 11) is -3.54. The van der Waals surface area contributed by atoms with Crippen LogP contribution >= 0.6 is 0 Å². The van der Waals surface area contributed by atoms with Gasteiger partial charge in [0.15, 0.2) is 0 Å². The molecule has 0 saturated carbocycles. The first-order chi connectivity index (χ1) is 13.5. The van der Waals surface area contributed by atoms with E-state index >= 15 is 0 Å². The van der Waals surface area contributed by atoms with Crippen LogP contribution in [0.3, 0.4) is 0 Å². The molecular weight excluding hydrogens is 380 g/mol. The van der Waals surface area contributed by atoms with E-state index in [2.05, 4.69) is 25.6 Å². The van der Waals surface area contributed by atoms with Crippen molar-refractivity contribution >= 4 is 21.6 Å². The van der Waals surface area contributed by atoms with E-state index in [1.807, 2.05) is 0 Å². The molecule has 0 spiro atoms. The highest BCUT2D eigenvalue weighted by Crippen LogP contribution is 2.21. The van der Waals surface area contributed by atoms with Crippen molar-refractivity contribution in [3.8, 4) is 11.4 Å². The van der Waals surface area contributed by atoms with Gasteiger partial charge in [-0.1, -0.05) is 38.1 Å². The van der Waals surface area contributed by atoms with Crippen LogP contribution in [0, 0.1) is 0 Å². The molecule has 9 nitrogen and oxygen atoms in total. The van der Waals surface area contributed by atoms with Crippen LogP contribution in [0.15, 0.2) is 58.4 Å². The summed E-state index contributed by atoms with van der Waals surface area (Å²) in [5, 5.41) is 26.0. The van der Waals surface area contributed by atoms with Crippen molar-refractivity contribution in [3.05, 3.63) is 54.1 Å². The first-order valence-corrected chi connectivity index (χ1v) is 10.1. The van der Waals surface area contributed by atoms with Gasteiger partial charge in [-0.15, -0.1) is 10.2 Å². The zero-order chi connectivity index (χ0) is 20.1. The van der Waals surface area contributed by atoms with Crippen molar-refractivity contribution < 1.29 is 13.5 Å². The number of rotatable bonds is 7. The highest BCUT2D eigenvalue weighted by molar-refractivity contribution is 7.89. The Bertz CT molecular complexity index is 1040. The Morgan fingerprint density at radius 2 is 1.71 bits per heavy atom. The molecule has 2 aromatic carbocycles. The fraction of sp³-hybridized carbons (Fsp3) is 0.222. The molecule has 0 aliphatic heterocycles. The second kappa shape index (κ2) is 8.28. The Labute approximate surface area is 162 Å². The lowest BCUT2D eigenvalue weighted by atomic mass is 10.1. The molecule has 0 fully saturated rings. The topological polar surface area (TPSA) is 127 Å². The first-order valence-electron chi connectivity index (χ1n) is 8.66. The van der Waals surface area contributed by atoms with Crippen molar-refractivity contribution in [3.63, 3.8) is 0 Å². The molecule has 0 bridgehead atoms. The number of aromatic amines is 1. The summed E-state index contributed by atoms with van der Waals surface area (Å²) < 4.78 is 26.4. The van der Waals surface area contributed by atoms with E-state index in [1.54, 1.807) is 38.1 Å². The average Bonchev–Trinajstić information content (AvgIpc) is 3.24. The highest BCUT2D eigenvalue weighted by Gasteiger charge is 2.21. The van der Waals surface area contributed by atoms with E-state index in [0.717, 1.165) is 5.56 Å². The predicted molar refractivity (Wildman–Crippen MR) is 102 cm³/mol. The Morgan fingerprint density at radius 1 is 1.07 bits per heavy atom. The standard InChI is InChI=1S/C18H20N6O3S/c1-3-24(4-2)28(26,27)16-11-9-15(10-12-16)19-18(25)14-7-5-13(6-8-14)17-20-22-23-21-17/h5-12H,3-4H2,1-2H3,(H,19,25)(H,20,21,22,23)/p-1. The van der Waals surface area contributed by atoms with E-state index in [-0.39, 0.29) is 4.90 Å². The zero-order valence-electron chi connectivity index (χ0n) is 15.4. The van der Waals surface area contributed by atoms with Gasteiger partial charge in [-0.25, -0.2) is 8.42 Å². The molecule has 0 unspecified atom stereocenters. The third kappa shape index (κ3) is 4.07.